The van der Waals surface area contributed by atoms with Crippen molar-refractivity contribution in [3.05, 3.63) is 10.2 Å². The van der Waals surface area contributed by atoms with E-state index in [0.717, 1.165) is 17.8 Å². The van der Waals surface area contributed by atoms with E-state index in [-0.39, 0.29) is 8.68 Å². The fourth-order valence-electron chi connectivity index (χ4n) is 0.902. The maximum atomic E-state index is 11.6. The van der Waals surface area contributed by atoms with Crippen molar-refractivity contribution in [1.29, 1.82) is 0 Å². The van der Waals surface area contributed by atoms with Crippen LogP contribution in [0.5, 0.6) is 0 Å². The topological polar surface area (TPSA) is 59.1 Å². The van der Waals surface area contributed by atoms with Crippen molar-refractivity contribution in [2.75, 3.05) is 6.54 Å². The summed E-state index contributed by atoms with van der Waals surface area (Å²) in [6.07, 6.45) is 0.755. The van der Waals surface area contributed by atoms with Crippen LogP contribution in [0.25, 0.3) is 0 Å². The predicted octanol–water partition coefficient (Wildman–Crippen LogP) is 1.79. The second-order valence-corrected chi connectivity index (χ2v) is 6.28. The van der Waals surface area contributed by atoms with E-state index in [9.17, 15) is 8.42 Å². The molecule has 80 valence electrons. The lowest BCUT2D eigenvalue weighted by molar-refractivity contribution is 0.582. The van der Waals surface area contributed by atoms with E-state index in [0.29, 0.717) is 12.2 Å². The number of rotatable bonds is 4. The number of hydrogen-bond acceptors (Lipinski definition) is 4. The minimum absolute atomic E-state index is 0.205. The standard InChI is InChI=1S/C7H11ClN2O2S2/c1-3-4-9-14(11,12)6-5(2)10-7(8)13-6/h9H,3-4H2,1-2H3. The average Bonchev–Trinajstić information content (AvgIpc) is 2.42. The van der Waals surface area contributed by atoms with Gasteiger partial charge in [-0.1, -0.05) is 29.9 Å². The summed E-state index contributed by atoms with van der Waals surface area (Å²) < 4.78 is 26.2. The molecule has 0 bridgehead atoms. The normalized spacial score (nSPS) is 11.9. The van der Waals surface area contributed by atoms with Gasteiger partial charge in [-0.3, -0.25) is 0 Å². The van der Waals surface area contributed by atoms with Gasteiger partial charge in [0.15, 0.2) is 8.68 Å². The highest BCUT2D eigenvalue weighted by Crippen LogP contribution is 2.26. The Morgan fingerprint density at radius 1 is 1.57 bits per heavy atom. The summed E-state index contributed by atoms with van der Waals surface area (Å²) in [5.41, 5.74) is 0.448. The minimum Gasteiger partial charge on any atom is -0.229 e. The molecule has 0 aliphatic heterocycles. The highest BCUT2D eigenvalue weighted by Gasteiger charge is 2.20. The highest BCUT2D eigenvalue weighted by atomic mass is 35.5. The molecule has 1 N–H and O–H groups in total. The second-order valence-electron chi connectivity index (χ2n) is 2.74. The van der Waals surface area contributed by atoms with Gasteiger partial charge in [-0.25, -0.2) is 18.1 Å². The average molecular weight is 255 g/mol. The van der Waals surface area contributed by atoms with Crippen LogP contribution in [0.1, 0.15) is 19.0 Å². The van der Waals surface area contributed by atoms with Gasteiger partial charge in [-0.15, -0.1) is 0 Å². The molecule has 0 saturated heterocycles. The van der Waals surface area contributed by atoms with Crippen LogP contribution in [0.3, 0.4) is 0 Å². The third kappa shape index (κ3) is 2.66. The third-order valence-corrected chi connectivity index (χ3v) is 4.85. The Morgan fingerprint density at radius 3 is 2.64 bits per heavy atom. The van der Waals surface area contributed by atoms with Crippen LogP contribution in [-0.2, 0) is 10.0 Å². The Bertz CT molecular complexity index is 413. The van der Waals surface area contributed by atoms with Crippen LogP contribution < -0.4 is 4.72 Å². The molecule has 0 aliphatic rings. The zero-order valence-corrected chi connectivity index (χ0v) is 10.3. The van der Waals surface area contributed by atoms with Crippen molar-refractivity contribution >= 4 is 33.0 Å². The molecular weight excluding hydrogens is 244 g/mol. The van der Waals surface area contributed by atoms with E-state index < -0.39 is 10.0 Å². The fraction of sp³-hybridized carbons (Fsp3) is 0.571. The molecule has 0 aromatic carbocycles. The summed E-state index contributed by atoms with van der Waals surface area (Å²) >= 11 is 6.60. The predicted molar refractivity (Wildman–Crippen MR) is 57.3 cm³/mol. The number of sulfonamides is 1. The molecule has 0 unspecified atom stereocenters. The quantitative estimate of drug-likeness (QED) is 0.891. The van der Waals surface area contributed by atoms with Gasteiger partial charge in [-0.05, 0) is 13.3 Å². The molecule has 4 nitrogen and oxygen atoms in total. The van der Waals surface area contributed by atoms with Crippen molar-refractivity contribution in [2.24, 2.45) is 0 Å². The maximum absolute atomic E-state index is 11.6. The Morgan fingerprint density at radius 2 is 2.21 bits per heavy atom. The van der Waals surface area contributed by atoms with Gasteiger partial charge in [0.05, 0.1) is 5.69 Å². The highest BCUT2D eigenvalue weighted by molar-refractivity contribution is 7.91. The van der Waals surface area contributed by atoms with E-state index in [1.165, 1.54) is 0 Å². The first kappa shape index (κ1) is 11.9. The van der Waals surface area contributed by atoms with Gasteiger partial charge in [-0.2, -0.15) is 0 Å². The summed E-state index contributed by atoms with van der Waals surface area (Å²) in [5, 5.41) is 0. The zero-order chi connectivity index (χ0) is 10.8. The van der Waals surface area contributed by atoms with Crippen molar-refractivity contribution < 1.29 is 8.42 Å². The SMILES string of the molecule is CCCNS(=O)(=O)c1sc(Cl)nc1C. The molecule has 0 amide bonds. The maximum Gasteiger partial charge on any atom is 0.251 e. The summed E-state index contributed by atoms with van der Waals surface area (Å²) in [6.45, 7) is 3.95. The Labute approximate surface area is 92.4 Å². The number of thiazole rings is 1. The molecule has 1 aromatic rings. The molecule has 0 radical (unpaired) electrons. The van der Waals surface area contributed by atoms with Gasteiger partial charge >= 0.3 is 0 Å². The third-order valence-electron chi connectivity index (χ3n) is 1.51. The van der Waals surface area contributed by atoms with Crippen LogP contribution in [0.4, 0.5) is 0 Å². The van der Waals surface area contributed by atoms with Gasteiger partial charge < -0.3 is 0 Å². The van der Waals surface area contributed by atoms with Crippen LogP contribution in [-0.4, -0.2) is 19.9 Å². The monoisotopic (exact) mass is 254 g/mol. The lowest BCUT2D eigenvalue weighted by atomic mass is 10.5. The first-order chi connectivity index (χ1) is 6.47. The second kappa shape index (κ2) is 4.57. The largest absolute Gasteiger partial charge is 0.251 e. The van der Waals surface area contributed by atoms with E-state index in [4.69, 9.17) is 11.6 Å². The lowest BCUT2D eigenvalue weighted by Gasteiger charge is -2.02. The van der Waals surface area contributed by atoms with Gasteiger partial charge in [0.1, 0.15) is 0 Å². The Hall–Kier alpha value is -0.170. The van der Waals surface area contributed by atoms with Gasteiger partial charge in [0, 0.05) is 6.54 Å². The molecule has 1 heterocycles. The molecule has 14 heavy (non-hydrogen) atoms. The lowest BCUT2D eigenvalue weighted by Crippen LogP contribution is -2.24. The number of nitrogens with one attached hydrogen (secondary N) is 1. The molecule has 0 spiro atoms. The Balaban J connectivity index is 2.98. The van der Waals surface area contributed by atoms with Crippen molar-refractivity contribution in [3.63, 3.8) is 0 Å². The van der Waals surface area contributed by atoms with E-state index in [1.54, 1.807) is 6.92 Å². The van der Waals surface area contributed by atoms with E-state index in [1.807, 2.05) is 6.92 Å². The number of aromatic nitrogens is 1. The molecular formula is C7H11ClN2O2S2. The first-order valence-electron chi connectivity index (χ1n) is 4.10. The molecule has 7 heteroatoms. The van der Waals surface area contributed by atoms with Gasteiger partial charge in [0.25, 0.3) is 10.0 Å². The van der Waals surface area contributed by atoms with Crippen LogP contribution >= 0.6 is 22.9 Å². The molecule has 1 rings (SSSR count). The number of aryl methyl sites for hydroxylation is 1. The summed E-state index contributed by atoms with van der Waals surface area (Å²) in [6, 6.07) is 0. The van der Waals surface area contributed by atoms with Crippen molar-refractivity contribution in [1.82, 2.24) is 9.71 Å². The fourth-order valence-corrected chi connectivity index (χ4v) is 3.82. The smallest absolute Gasteiger partial charge is 0.229 e. The molecule has 0 atom stereocenters. The summed E-state index contributed by atoms with van der Waals surface area (Å²) in [5.74, 6) is 0. The van der Waals surface area contributed by atoms with Gasteiger partial charge in [0.2, 0.25) is 0 Å². The minimum atomic E-state index is -3.41. The van der Waals surface area contributed by atoms with E-state index in [2.05, 4.69) is 9.71 Å². The van der Waals surface area contributed by atoms with Crippen LogP contribution in [0.15, 0.2) is 4.21 Å². The first-order valence-corrected chi connectivity index (χ1v) is 6.77. The number of nitrogens with zero attached hydrogens (tertiary/aromatic N) is 1. The summed E-state index contributed by atoms with van der Waals surface area (Å²) in [4.78, 5) is 3.85. The molecule has 1 aromatic heterocycles. The van der Waals surface area contributed by atoms with Crippen molar-refractivity contribution in [3.8, 4) is 0 Å². The van der Waals surface area contributed by atoms with Crippen LogP contribution in [0, 0.1) is 6.92 Å². The number of halogens is 1. The summed E-state index contributed by atoms with van der Waals surface area (Å²) in [7, 11) is -3.41. The molecule has 0 saturated carbocycles. The molecule has 0 aliphatic carbocycles. The molecule has 0 fully saturated rings. The van der Waals surface area contributed by atoms with Crippen LogP contribution in [0.2, 0.25) is 4.47 Å². The Kier molecular flexibility index (Phi) is 3.88. The zero-order valence-electron chi connectivity index (χ0n) is 7.87. The van der Waals surface area contributed by atoms with Crippen molar-refractivity contribution in [2.45, 2.75) is 24.5 Å². The van der Waals surface area contributed by atoms with E-state index >= 15 is 0 Å². The number of hydrogen-bond donors (Lipinski definition) is 1.